The van der Waals surface area contributed by atoms with Crippen molar-refractivity contribution >= 4 is 11.4 Å². The zero-order valence-corrected chi connectivity index (χ0v) is 13.7. The topological polar surface area (TPSA) is 64.9 Å². The van der Waals surface area contributed by atoms with Crippen molar-refractivity contribution < 1.29 is 14.3 Å². The normalized spacial score (nSPS) is 27.4. The van der Waals surface area contributed by atoms with Crippen molar-refractivity contribution in [1.82, 2.24) is 14.7 Å². The molecule has 0 spiro atoms. The highest BCUT2D eigenvalue weighted by molar-refractivity contribution is 5.92. The Labute approximate surface area is 141 Å². The van der Waals surface area contributed by atoms with Crippen LogP contribution >= 0.6 is 0 Å². The van der Waals surface area contributed by atoms with E-state index in [2.05, 4.69) is 10.3 Å². The van der Waals surface area contributed by atoms with E-state index in [1.165, 1.54) is 0 Å². The van der Waals surface area contributed by atoms with Gasteiger partial charge in [0.1, 0.15) is 0 Å². The van der Waals surface area contributed by atoms with Crippen LogP contribution in [-0.4, -0.2) is 40.3 Å². The van der Waals surface area contributed by atoms with E-state index in [1.54, 1.807) is 6.20 Å². The molecule has 1 saturated heterocycles. The average Bonchev–Trinajstić information content (AvgIpc) is 3.23. The van der Waals surface area contributed by atoms with Gasteiger partial charge in [0, 0.05) is 12.8 Å². The summed E-state index contributed by atoms with van der Waals surface area (Å²) < 4.78 is 13.6. The third kappa shape index (κ3) is 3.16. The van der Waals surface area contributed by atoms with Crippen LogP contribution in [0.2, 0.25) is 0 Å². The Bertz CT molecular complexity index is 708. The van der Waals surface area contributed by atoms with Gasteiger partial charge in [0.25, 0.3) is 5.91 Å². The minimum absolute atomic E-state index is 0.0269. The summed E-state index contributed by atoms with van der Waals surface area (Å²) in [7, 11) is 0. The minimum atomic E-state index is -0.147. The van der Waals surface area contributed by atoms with Gasteiger partial charge in [-0.1, -0.05) is 6.07 Å². The standard InChI is InChI=1S/C18H23N3O3/c22-18(17-19-12-13-6-1-3-10-21(13)17)20-14-7-5-8-15(14)24-16-9-2-4-11-23-16/h1,3,6,10,12,14-16H,2,4-5,7-9,11H2,(H,20,22)/t14-,15-,16?/m0/s1. The third-order valence-electron chi connectivity index (χ3n) is 4.88. The van der Waals surface area contributed by atoms with E-state index in [0.29, 0.717) is 5.82 Å². The fourth-order valence-electron chi connectivity index (χ4n) is 3.61. The van der Waals surface area contributed by atoms with Gasteiger partial charge in [0.05, 0.1) is 23.9 Å². The van der Waals surface area contributed by atoms with E-state index < -0.39 is 0 Å². The molecule has 1 N–H and O–H groups in total. The van der Waals surface area contributed by atoms with Crippen molar-refractivity contribution in [2.45, 2.75) is 57.0 Å². The molecule has 128 valence electrons. The summed E-state index contributed by atoms with van der Waals surface area (Å²) in [6, 6.07) is 5.79. The number of ether oxygens (including phenoxy) is 2. The van der Waals surface area contributed by atoms with Crippen LogP contribution in [0.5, 0.6) is 0 Å². The van der Waals surface area contributed by atoms with Crippen LogP contribution in [0.25, 0.3) is 5.52 Å². The Kier molecular flexibility index (Phi) is 4.49. The molecule has 1 unspecified atom stereocenters. The van der Waals surface area contributed by atoms with Crippen LogP contribution < -0.4 is 5.32 Å². The van der Waals surface area contributed by atoms with Crippen molar-refractivity contribution in [1.29, 1.82) is 0 Å². The maximum absolute atomic E-state index is 12.6. The second-order valence-corrected chi connectivity index (χ2v) is 6.56. The first kappa shape index (κ1) is 15.6. The van der Waals surface area contributed by atoms with Crippen LogP contribution in [0, 0.1) is 0 Å². The number of hydrogen-bond acceptors (Lipinski definition) is 4. The van der Waals surface area contributed by atoms with Gasteiger partial charge < -0.3 is 14.8 Å². The molecule has 6 nitrogen and oxygen atoms in total. The molecule has 2 aliphatic rings. The molecule has 1 amide bonds. The van der Waals surface area contributed by atoms with Gasteiger partial charge >= 0.3 is 0 Å². The zero-order chi connectivity index (χ0) is 16.4. The van der Waals surface area contributed by atoms with Crippen molar-refractivity contribution in [2.75, 3.05) is 6.61 Å². The summed E-state index contributed by atoms with van der Waals surface area (Å²) in [6.45, 7) is 0.772. The van der Waals surface area contributed by atoms with Gasteiger partial charge in [-0.25, -0.2) is 4.98 Å². The first-order valence-electron chi connectivity index (χ1n) is 8.81. The average molecular weight is 329 g/mol. The molecule has 3 heterocycles. The van der Waals surface area contributed by atoms with Gasteiger partial charge in [-0.2, -0.15) is 0 Å². The Morgan fingerprint density at radius 1 is 1.25 bits per heavy atom. The first-order valence-corrected chi connectivity index (χ1v) is 8.81. The quantitative estimate of drug-likeness (QED) is 0.936. The van der Waals surface area contributed by atoms with E-state index in [-0.39, 0.29) is 24.3 Å². The number of nitrogens with zero attached hydrogens (tertiary/aromatic N) is 2. The van der Waals surface area contributed by atoms with Crippen LogP contribution in [0.1, 0.15) is 49.1 Å². The molecule has 1 saturated carbocycles. The van der Waals surface area contributed by atoms with Crippen molar-refractivity contribution in [3.05, 3.63) is 36.4 Å². The lowest BCUT2D eigenvalue weighted by atomic mass is 10.2. The van der Waals surface area contributed by atoms with Gasteiger partial charge in [-0.05, 0) is 50.7 Å². The first-order chi connectivity index (χ1) is 11.8. The number of amides is 1. The fraction of sp³-hybridized carbons (Fsp3) is 0.556. The second-order valence-electron chi connectivity index (χ2n) is 6.56. The molecule has 0 aromatic carbocycles. The highest BCUT2D eigenvalue weighted by Gasteiger charge is 2.33. The predicted octanol–water partition coefficient (Wildman–Crippen LogP) is 2.53. The van der Waals surface area contributed by atoms with Crippen molar-refractivity contribution in [3.63, 3.8) is 0 Å². The third-order valence-corrected chi connectivity index (χ3v) is 4.88. The number of imidazole rings is 1. The van der Waals surface area contributed by atoms with Crippen LogP contribution in [0.3, 0.4) is 0 Å². The molecule has 6 heteroatoms. The molecule has 1 aliphatic carbocycles. The molecular weight excluding hydrogens is 306 g/mol. The summed E-state index contributed by atoms with van der Waals surface area (Å²) in [5.74, 6) is 0.274. The highest BCUT2D eigenvalue weighted by atomic mass is 16.7. The lowest BCUT2D eigenvalue weighted by molar-refractivity contribution is -0.189. The predicted molar refractivity (Wildman–Crippen MR) is 88.8 cm³/mol. The van der Waals surface area contributed by atoms with E-state index in [0.717, 1.165) is 50.6 Å². The molecule has 4 rings (SSSR count). The number of aromatic nitrogens is 2. The number of nitrogens with one attached hydrogen (secondary N) is 1. The monoisotopic (exact) mass is 329 g/mol. The van der Waals surface area contributed by atoms with E-state index in [4.69, 9.17) is 9.47 Å². The summed E-state index contributed by atoms with van der Waals surface area (Å²) in [6.07, 6.45) is 9.65. The lowest BCUT2D eigenvalue weighted by Crippen LogP contribution is -2.43. The number of hydrogen-bond donors (Lipinski definition) is 1. The molecule has 0 radical (unpaired) electrons. The number of rotatable bonds is 4. The van der Waals surface area contributed by atoms with E-state index in [9.17, 15) is 4.79 Å². The second kappa shape index (κ2) is 6.91. The zero-order valence-electron chi connectivity index (χ0n) is 13.7. The minimum Gasteiger partial charge on any atom is -0.353 e. The smallest absolute Gasteiger partial charge is 0.287 e. The Balaban J connectivity index is 1.42. The molecule has 2 aromatic rings. The van der Waals surface area contributed by atoms with Crippen LogP contribution in [0.15, 0.2) is 30.6 Å². The fourth-order valence-corrected chi connectivity index (χ4v) is 3.61. The maximum atomic E-state index is 12.6. The van der Waals surface area contributed by atoms with E-state index >= 15 is 0 Å². The molecule has 1 aliphatic heterocycles. The Hall–Kier alpha value is -1.92. The van der Waals surface area contributed by atoms with Crippen LogP contribution in [-0.2, 0) is 9.47 Å². The summed E-state index contributed by atoms with van der Waals surface area (Å²) in [4.78, 5) is 16.9. The van der Waals surface area contributed by atoms with Crippen molar-refractivity contribution in [2.24, 2.45) is 0 Å². The number of carbonyl (C=O) groups excluding carboxylic acids is 1. The highest BCUT2D eigenvalue weighted by Crippen LogP contribution is 2.26. The number of carbonyl (C=O) groups is 1. The number of fused-ring (bicyclic) bond motifs is 1. The molecular formula is C18H23N3O3. The summed E-state index contributed by atoms with van der Waals surface area (Å²) >= 11 is 0. The number of pyridine rings is 1. The van der Waals surface area contributed by atoms with Crippen LogP contribution in [0.4, 0.5) is 0 Å². The molecule has 24 heavy (non-hydrogen) atoms. The molecule has 2 fully saturated rings. The largest absolute Gasteiger partial charge is 0.353 e. The van der Waals surface area contributed by atoms with Gasteiger partial charge in [-0.15, -0.1) is 0 Å². The SMILES string of the molecule is O=C(N[C@H]1CCC[C@@H]1OC1CCCCO1)c1ncc2ccccn12. The van der Waals surface area contributed by atoms with Gasteiger partial charge in [0.2, 0.25) is 5.82 Å². The lowest BCUT2D eigenvalue weighted by Gasteiger charge is -2.29. The van der Waals surface area contributed by atoms with Gasteiger partial charge in [-0.3, -0.25) is 9.20 Å². The van der Waals surface area contributed by atoms with E-state index in [1.807, 2.05) is 28.8 Å². The molecule has 0 bridgehead atoms. The van der Waals surface area contributed by atoms with Crippen molar-refractivity contribution in [3.8, 4) is 0 Å². The van der Waals surface area contributed by atoms with Gasteiger partial charge in [0.15, 0.2) is 6.29 Å². The maximum Gasteiger partial charge on any atom is 0.287 e. The Morgan fingerprint density at radius 2 is 2.21 bits per heavy atom. The Morgan fingerprint density at radius 3 is 3.08 bits per heavy atom. The molecule has 2 aromatic heterocycles. The molecule has 3 atom stereocenters. The summed E-state index contributed by atoms with van der Waals surface area (Å²) in [5, 5.41) is 3.11. The summed E-state index contributed by atoms with van der Waals surface area (Å²) in [5.41, 5.74) is 0.914.